The molecule has 6 nitrogen and oxygen atoms in total. The van der Waals surface area contributed by atoms with E-state index in [1.54, 1.807) is 30.3 Å². The summed E-state index contributed by atoms with van der Waals surface area (Å²) in [6, 6.07) is 13.2. The average Bonchev–Trinajstić information content (AvgIpc) is 2.58. The molecule has 2 aromatic rings. The quantitative estimate of drug-likeness (QED) is 0.580. The lowest BCUT2D eigenvalue weighted by Gasteiger charge is -2.08. The van der Waals surface area contributed by atoms with E-state index in [0.717, 1.165) is 5.56 Å². The predicted octanol–water partition coefficient (Wildman–Crippen LogP) is 1.58. The molecular weight excluding hydrogens is 308 g/mol. The third-order valence-corrected chi connectivity index (χ3v) is 3.49. The lowest BCUT2D eigenvalue weighted by atomic mass is 10.1. The first-order valence-corrected chi connectivity index (χ1v) is 7.67. The normalized spacial score (nSPS) is 10.2. The number of aromatic hydroxyl groups is 2. The first kappa shape index (κ1) is 17.3. The van der Waals surface area contributed by atoms with E-state index in [4.69, 9.17) is 0 Å². The summed E-state index contributed by atoms with van der Waals surface area (Å²) in [5.74, 6) is -0.450. The number of phenols is 2. The second-order valence-corrected chi connectivity index (χ2v) is 5.25. The molecule has 0 spiro atoms. The van der Waals surface area contributed by atoms with Gasteiger partial charge in [-0.3, -0.25) is 9.59 Å². The molecule has 0 aliphatic rings. The van der Waals surface area contributed by atoms with Crippen molar-refractivity contribution in [2.75, 3.05) is 13.1 Å². The zero-order valence-electron chi connectivity index (χ0n) is 13.2. The van der Waals surface area contributed by atoms with Crippen molar-refractivity contribution in [3.05, 3.63) is 59.7 Å². The van der Waals surface area contributed by atoms with E-state index in [0.29, 0.717) is 13.0 Å². The highest BCUT2D eigenvalue weighted by Crippen LogP contribution is 2.17. The summed E-state index contributed by atoms with van der Waals surface area (Å²) in [5.41, 5.74) is 0.920. The van der Waals surface area contributed by atoms with Crippen molar-refractivity contribution in [3.8, 4) is 11.5 Å². The fourth-order valence-corrected chi connectivity index (χ4v) is 2.20. The number of carbonyl (C=O) groups excluding carboxylic acids is 2. The number of aryl methyl sites for hydroxylation is 1. The van der Waals surface area contributed by atoms with Crippen LogP contribution >= 0.6 is 0 Å². The number of hydrogen-bond donors (Lipinski definition) is 4. The van der Waals surface area contributed by atoms with Gasteiger partial charge in [0, 0.05) is 19.5 Å². The van der Waals surface area contributed by atoms with Crippen LogP contribution < -0.4 is 10.6 Å². The summed E-state index contributed by atoms with van der Waals surface area (Å²) >= 11 is 0. The Balaban J connectivity index is 1.67. The number of rotatable bonds is 7. The third-order valence-electron chi connectivity index (χ3n) is 3.49. The molecule has 2 amide bonds. The molecule has 0 saturated heterocycles. The summed E-state index contributed by atoms with van der Waals surface area (Å²) in [6.45, 7) is 0.550. The smallest absolute Gasteiger partial charge is 0.255 e. The highest BCUT2D eigenvalue weighted by Gasteiger charge is 2.09. The first-order chi connectivity index (χ1) is 11.6. The van der Waals surface area contributed by atoms with Crippen LogP contribution in [0, 0.1) is 0 Å². The zero-order chi connectivity index (χ0) is 17.4. The Morgan fingerprint density at radius 2 is 1.46 bits per heavy atom. The molecule has 2 aromatic carbocycles. The number of nitrogens with one attached hydrogen (secondary N) is 2. The molecule has 2 rings (SSSR count). The SMILES string of the molecule is O=C(CCc1ccccc1O)NCCNC(=O)c1ccccc1O. The minimum Gasteiger partial charge on any atom is -0.508 e. The van der Waals surface area contributed by atoms with Crippen LogP contribution in [0.4, 0.5) is 0 Å². The van der Waals surface area contributed by atoms with Crippen LogP contribution in [0.2, 0.25) is 0 Å². The zero-order valence-corrected chi connectivity index (χ0v) is 13.2. The van der Waals surface area contributed by atoms with Crippen molar-refractivity contribution in [3.63, 3.8) is 0 Å². The number of carbonyl (C=O) groups is 2. The van der Waals surface area contributed by atoms with Crippen LogP contribution in [0.3, 0.4) is 0 Å². The van der Waals surface area contributed by atoms with Gasteiger partial charge in [0.15, 0.2) is 0 Å². The van der Waals surface area contributed by atoms with E-state index in [1.807, 2.05) is 6.07 Å². The van der Waals surface area contributed by atoms with E-state index in [-0.39, 0.29) is 35.9 Å². The van der Waals surface area contributed by atoms with Crippen molar-refractivity contribution in [2.45, 2.75) is 12.8 Å². The van der Waals surface area contributed by atoms with Crippen LogP contribution in [-0.2, 0) is 11.2 Å². The summed E-state index contributed by atoms with van der Waals surface area (Å²) in [5, 5.41) is 24.5. The van der Waals surface area contributed by atoms with Gasteiger partial charge in [0.05, 0.1) is 5.56 Å². The summed E-state index contributed by atoms with van der Waals surface area (Å²) < 4.78 is 0. The molecule has 24 heavy (non-hydrogen) atoms. The van der Waals surface area contributed by atoms with Crippen LogP contribution in [0.15, 0.2) is 48.5 Å². The molecule has 0 fully saturated rings. The maximum absolute atomic E-state index is 11.8. The molecule has 0 bridgehead atoms. The molecule has 0 aromatic heterocycles. The van der Waals surface area contributed by atoms with Crippen molar-refractivity contribution >= 4 is 11.8 Å². The van der Waals surface area contributed by atoms with Gasteiger partial charge in [-0.25, -0.2) is 0 Å². The molecule has 0 aliphatic heterocycles. The van der Waals surface area contributed by atoms with E-state index >= 15 is 0 Å². The summed E-state index contributed by atoms with van der Waals surface area (Å²) in [7, 11) is 0. The number of benzene rings is 2. The maximum atomic E-state index is 11.8. The van der Waals surface area contributed by atoms with Gasteiger partial charge in [0.1, 0.15) is 11.5 Å². The number of para-hydroxylation sites is 2. The summed E-state index contributed by atoms with van der Waals surface area (Å²) in [4.78, 5) is 23.6. The van der Waals surface area contributed by atoms with E-state index in [2.05, 4.69) is 10.6 Å². The molecule has 0 heterocycles. The Hall–Kier alpha value is -3.02. The average molecular weight is 328 g/mol. The Morgan fingerprint density at radius 1 is 0.833 bits per heavy atom. The molecule has 0 radical (unpaired) electrons. The lowest BCUT2D eigenvalue weighted by Crippen LogP contribution is -2.34. The Labute approximate surface area is 140 Å². The second-order valence-electron chi connectivity index (χ2n) is 5.25. The molecule has 126 valence electrons. The van der Waals surface area contributed by atoms with Crippen LogP contribution in [0.25, 0.3) is 0 Å². The molecule has 0 aliphatic carbocycles. The molecule has 0 unspecified atom stereocenters. The number of amides is 2. The molecule has 4 N–H and O–H groups in total. The summed E-state index contributed by atoms with van der Waals surface area (Å²) in [6.07, 6.45) is 0.702. The van der Waals surface area contributed by atoms with Crippen molar-refractivity contribution in [1.82, 2.24) is 10.6 Å². The standard InChI is InChI=1S/C18H20N2O4/c21-15-7-3-1-5-13(15)9-10-17(23)19-11-12-20-18(24)14-6-2-4-8-16(14)22/h1-8,21-22H,9-12H2,(H,19,23)(H,20,24). The van der Waals surface area contributed by atoms with Gasteiger partial charge in [-0.05, 0) is 30.2 Å². The topological polar surface area (TPSA) is 98.7 Å². The minimum atomic E-state index is -0.392. The molecule has 0 atom stereocenters. The second kappa shape index (κ2) is 8.57. The van der Waals surface area contributed by atoms with Crippen molar-refractivity contribution < 1.29 is 19.8 Å². The van der Waals surface area contributed by atoms with Gasteiger partial charge in [-0.1, -0.05) is 30.3 Å². The fraction of sp³-hybridized carbons (Fsp3) is 0.222. The first-order valence-electron chi connectivity index (χ1n) is 7.67. The van der Waals surface area contributed by atoms with E-state index in [9.17, 15) is 19.8 Å². The fourth-order valence-electron chi connectivity index (χ4n) is 2.20. The van der Waals surface area contributed by atoms with Gasteiger partial charge in [0.25, 0.3) is 5.91 Å². The maximum Gasteiger partial charge on any atom is 0.255 e. The van der Waals surface area contributed by atoms with E-state index < -0.39 is 5.91 Å². The van der Waals surface area contributed by atoms with Gasteiger partial charge >= 0.3 is 0 Å². The van der Waals surface area contributed by atoms with Crippen LogP contribution in [0.5, 0.6) is 11.5 Å². The highest BCUT2D eigenvalue weighted by molar-refractivity contribution is 5.96. The van der Waals surface area contributed by atoms with Gasteiger partial charge in [0.2, 0.25) is 5.91 Å². The Morgan fingerprint density at radius 3 is 2.17 bits per heavy atom. The Bertz CT molecular complexity index is 716. The van der Waals surface area contributed by atoms with Gasteiger partial charge in [-0.2, -0.15) is 0 Å². The molecule has 0 saturated carbocycles. The largest absolute Gasteiger partial charge is 0.508 e. The van der Waals surface area contributed by atoms with Gasteiger partial charge in [-0.15, -0.1) is 0 Å². The van der Waals surface area contributed by atoms with Crippen LogP contribution in [-0.4, -0.2) is 35.1 Å². The van der Waals surface area contributed by atoms with Gasteiger partial charge < -0.3 is 20.8 Å². The van der Waals surface area contributed by atoms with E-state index in [1.165, 1.54) is 12.1 Å². The monoisotopic (exact) mass is 328 g/mol. The van der Waals surface area contributed by atoms with Crippen molar-refractivity contribution in [1.29, 1.82) is 0 Å². The Kier molecular flexibility index (Phi) is 6.19. The predicted molar refractivity (Wildman–Crippen MR) is 89.9 cm³/mol. The van der Waals surface area contributed by atoms with Crippen LogP contribution in [0.1, 0.15) is 22.3 Å². The minimum absolute atomic E-state index is 0.0818. The number of phenolic OH excluding ortho intramolecular Hbond substituents is 2. The highest BCUT2D eigenvalue weighted by atomic mass is 16.3. The lowest BCUT2D eigenvalue weighted by molar-refractivity contribution is -0.121. The third kappa shape index (κ3) is 5.01. The van der Waals surface area contributed by atoms with Crippen molar-refractivity contribution in [2.24, 2.45) is 0 Å². The molecule has 6 heteroatoms. The number of hydrogen-bond acceptors (Lipinski definition) is 4. The molecular formula is C18H20N2O4.